The summed E-state index contributed by atoms with van der Waals surface area (Å²) in [5, 5.41) is 0. The van der Waals surface area contributed by atoms with Crippen molar-refractivity contribution in [2.75, 3.05) is 0 Å². The molecule has 88 valence electrons. The molecule has 0 unspecified atom stereocenters. The molecule has 0 fully saturated rings. The van der Waals surface area contributed by atoms with Gasteiger partial charge in [0.15, 0.2) is 0 Å². The number of hydrogen-bond acceptors (Lipinski definition) is 0. The van der Waals surface area contributed by atoms with Crippen LogP contribution in [-0.4, -0.2) is 0 Å². The third-order valence-corrected chi connectivity index (χ3v) is 3.70. The van der Waals surface area contributed by atoms with Crippen molar-refractivity contribution in [1.29, 1.82) is 0 Å². The third kappa shape index (κ3) is 3.66. The Kier molecular flexibility index (Phi) is 4.92. The van der Waals surface area contributed by atoms with Crippen molar-refractivity contribution in [3.05, 3.63) is 35.5 Å². The molecule has 0 nitrogen and oxygen atoms in total. The molecule has 2 aliphatic carbocycles. The summed E-state index contributed by atoms with van der Waals surface area (Å²) in [7, 11) is 0. The van der Waals surface area contributed by atoms with Crippen LogP contribution in [0, 0.1) is 0 Å². The zero-order valence-electron chi connectivity index (χ0n) is 10.4. The lowest BCUT2D eigenvalue weighted by Crippen LogP contribution is -1.96. The number of hydrogen-bond donors (Lipinski definition) is 0. The molecule has 0 amide bonds. The van der Waals surface area contributed by atoms with Crippen LogP contribution in [0.15, 0.2) is 35.5 Å². The third-order valence-electron chi connectivity index (χ3n) is 3.70. The van der Waals surface area contributed by atoms with Crippen LogP contribution in [0.4, 0.5) is 0 Å². The van der Waals surface area contributed by atoms with Crippen LogP contribution in [-0.2, 0) is 0 Å². The summed E-state index contributed by atoms with van der Waals surface area (Å²) in [5.41, 5.74) is 3.28. The van der Waals surface area contributed by atoms with Gasteiger partial charge in [0.1, 0.15) is 0 Å². The van der Waals surface area contributed by atoms with Crippen molar-refractivity contribution >= 4 is 0 Å². The molecule has 0 saturated heterocycles. The highest BCUT2D eigenvalue weighted by atomic mass is 14.1. The Balaban J connectivity index is 2.07. The molecular weight excluding hydrogens is 192 g/mol. The van der Waals surface area contributed by atoms with E-state index in [-0.39, 0.29) is 0 Å². The predicted molar refractivity (Wildman–Crippen MR) is 71.5 cm³/mol. The van der Waals surface area contributed by atoms with Crippen LogP contribution in [0.3, 0.4) is 0 Å². The number of rotatable bonds is 1. The first-order valence-electron chi connectivity index (χ1n) is 7.02. The first-order chi connectivity index (χ1) is 7.97. The molecule has 2 aliphatic rings. The van der Waals surface area contributed by atoms with Gasteiger partial charge in [-0.25, -0.2) is 0 Å². The summed E-state index contributed by atoms with van der Waals surface area (Å²) in [5.74, 6) is 0. The molecule has 2 rings (SSSR count). The Morgan fingerprint density at radius 3 is 2.44 bits per heavy atom. The highest BCUT2D eigenvalue weighted by Crippen LogP contribution is 2.27. The SMILES string of the molecule is C1=CCCCCC(C2=CCCCCCC2)=C1. The lowest BCUT2D eigenvalue weighted by molar-refractivity contribution is 0.622. The average molecular weight is 216 g/mol. The average Bonchev–Trinajstić information content (AvgIpc) is 2.18. The second-order valence-corrected chi connectivity index (χ2v) is 5.05. The molecular formula is C16H24. The Morgan fingerprint density at radius 1 is 0.688 bits per heavy atom. The van der Waals surface area contributed by atoms with E-state index in [4.69, 9.17) is 0 Å². The van der Waals surface area contributed by atoms with E-state index in [9.17, 15) is 0 Å². The van der Waals surface area contributed by atoms with Crippen LogP contribution in [0.2, 0.25) is 0 Å². The van der Waals surface area contributed by atoms with E-state index < -0.39 is 0 Å². The van der Waals surface area contributed by atoms with E-state index in [1.54, 1.807) is 11.1 Å². The quantitative estimate of drug-likeness (QED) is 0.556. The minimum Gasteiger partial charge on any atom is -0.0845 e. The minimum atomic E-state index is 1.27. The van der Waals surface area contributed by atoms with Gasteiger partial charge < -0.3 is 0 Å². The van der Waals surface area contributed by atoms with Crippen LogP contribution in [0.1, 0.15) is 64.2 Å². The van der Waals surface area contributed by atoms with Crippen molar-refractivity contribution in [2.24, 2.45) is 0 Å². The predicted octanol–water partition coefficient (Wildman–Crippen LogP) is 5.32. The van der Waals surface area contributed by atoms with Gasteiger partial charge in [-0.05, 0) is 62.5 Å². The maximum absolute atomic E-state index is 2.51. The van der Waals surface area contributed by atoms with Crippen LogP contribution in [0.25, 0.3) is 0 Å². The van der Waals surface area contributed by atoms with Gasteiger partial charge in [0.2, 0.25) is 0 Å². The van der Waals surface area contributed by atoms with Crippen molar-refractivity contribution in [3.8, 4) is 0 Å². The van der Waals surface area contributed by atoms with Crippen LogP contribution >= 0.6 is 0 Å². The number of allylic oxidation sites excluding steroid dienone is 6. The van der Waals surface area contributed by atoms with Crippen LogP contribution < -0.4 is 0 Å². The topological polar surface area (TPSA) is 0 Å². The van der Waals surface area contributed by atoms with Crippen molar-refractivity contribution < 1.29 is 0 Å². The normalized spacial score (nSPS) is 23.5. The van der Waals surface area contributed by atoms with Gasteiger partial charge in [-0.1, -0.05) is 37.1 Å². The largest absolute Gasteiger partial charge is 0.0845 e. The zero-order valence-corrected chi connectivity index (χ0v) is 10.4. The Bertz CT molecular complexity index is 291. The molecule has 0 radical (unpaired) electrons. The van der Waals surface area contributed by atoms with Gasteiger partial charge in [-0.3, -0.25) is 0 Å². The summed E-state index contributed by atoms with van der Waals surface area (Å²) in [6.07, 6.45) is 23.1. The molecule has 0 heterocycles. The maximum Gasteiger partial charge on any atom is -0.0276 e. The second-order valence-electron chi connectivity index (χ2n) is 5.05. The van der Waals surface area contributed by atoms with Gasteiger partial charge >= 0.3 is 0 Å². The highest BCUT2D eigenvalue weighted by Gasteiger charge is 2.07. The summed E-state index contributed by atoms with van der Waals surface area (Å²) in [6.45, 7) is 0. The summed E-state index contributed by atoms with van der Waals surface area (Å²) >= 11 is 0. The lowest BCUT2D eigenvalue weighted by Gasteiger charge is -2.15. The van der Waals surface area contributed by atoms with E-state index >= 15 is 0 Å². The lowest BCUT2D eigenvalue weighted by atomic mass is 9.90. The fraction of sp³-hybridized carbons (Fsp3) is 0.625. The molecule has 0 aliphatic heterocycles. The molecule has 16 heavy (non-hydrogen) atoms. The molecule has 0 atom stereocenters. The maximum atomic E-state index is 2.51. The molecule has 0 N–H and O–H groups in total. The summed E-state index contributed by atoms with van der Waals surface area (Å²) in [4.78, 5) is 0. The molecule has 0 saturated carbocycles. The van der Waals surface area contributed by atoms with Crippen molar-refractivity contribution in [3.63, 3.8) is 0 Å². The van der Waals surface area contributed by atoms with Crippen molar-refractivity contribution in [1.82, 2.24) is 0 Å². The fourth-order valence-corrected chi connectivity index (χ4v) is 2.69. The van der Waals surface area contributed by atoms with E-state index in [1.165, 1.54) is 64.2 Å². The molecule has 0 heteroatoms. The smallest absolute Gasteiger partial charge is 0.0276 e. The van der Waals surface area contributed by atoms with Gasteiger partial charge in [0.05, 0.1) is 0 Å². The van der Waals surface area contributed by atoms with E-state index in [2.05, 4.69) is 24.3 Å². The molecule has 0 bridgehead atoms. The summed E-state index contributed by atoms with van der Waals surface area (Å²) in [6, 6.07) is 0. The summed E-state index contributed by atoms with van der Waals surface area (Å²) < 4.78 is 0. The molecule has 0 aromatic rings. The minimum absolute atomic E-state index is 1.27. The highest BCUT2D eigenvalue weighted by molar-refractivity contribution is 5.34. The van der Waals surface area contributed by atoms with Gasteiger partial charge in [-0.15, -0.1) is 0 Å². The van der Waals surface area contributed by atoms with Gasteiger partial charge in [0.25, 0.3) is 0 Å². The molecule has 0 spiro atoms. The zero-order chi connectivity index (χ0) is 11.1. The van der Waals surface area contributed by atoms with Crippen molar-refractivity contribution in [2.45, 2.75) is 64.2 Å². The first kappa shape index (κ1) is 11.7. The van der Waals surface area contributed by atoms with E-state index in [0.29, 0.717) is 0 Å². The molecule has 0 aromatic heterocycles. The standard InChI is InChI=1S/C16H24/c1-3-7-11-15(12-8-4-1)16-13-9-5-2-6-10-14-16/h3,7,11,13H,1-2,4-6,8-10,12,14H2. The van der Waals surface area contributed by atoms with Gasteiger partial charge in [0, 0.05) is 0 Å². The fourth-order valence-electron chi connectivity index (χ4n) is 2.69. The van der Waals surface area contributed by atoms with E-state index in [0.717, 1.165) is 0 Å². The Hall–Kier alpha value is -0.780. The molecule has 0 aromatic carbocycles. The van der Waals surface area contributed by atoms with Crippen LogP contribution in [0.5, 0.6) is 0 Å². The van der Waals surface area contributed by atoms with E-state index in [1.807, 2.05) is 0 Å². The first-order valence-corrected chi connectivity index (χ1v) is 7.02. The Labute approximate surface area is 100 Å². The second kappa shape index (κ2) is 6.73. The van der Waals surface area contributed by atoms with Gasteiger partial charge in [-0.2, -0.15) is 0 Å². The Morgan fingerprint density at radius 2 is 1.44 bits per heavy atom. The monoisotopic (exact) mass is 216 g/mol.